The predicted molar refractivity (Wildman–Crippen MR) is 101 cm³/mol. The van der Waals surface area contributed by atoms with Crippen LogP contribution in [-0.2, 0) is 6.54 Å². The topological polar surface area (TPSA) is 78.1 Å². The zero-order chi connectivity index (χ0) is 18.2. The number of halogens is 1. The van der Waals surface area contributed by atoms with Gasteiger partial charge >= 0.3 is 0 Å². The number of ether oxygens (including phenoxy) is 3. The van der Waals surface area contributed by atoms with Gasteiger partial charge in [0, 0.05) is 5.69 Å². The highest BCUT2D eigenvalue weighted by Gasteiger charge is 2.06. The van der Waals surface area contributed by atoms with Gasteiger partial charge in [-0.05, 0) is 42.8 Å². The Bertz CT molecular complexity index is 750. The standard InChI is InChI=1S/C18H22ClN3O3/c1-4-25-16-7-5-12(9-17(16)24-3)11-21-18(20)22-13-6-8-15(23-2)14(19)10-13/h5-10H,4,11H2,1-3H3,(H3,20,21,22). The Hall–Kier alpha value is -2.60. The van der Waals surface area contributed by atoms with Crippen molar-refractivity contribution in [3.05, 3.63) is 47.0 Å². The van der Waals surface area contributed by atoms with Gasteiger partial charge in [-0.25, -0.2) is 4.99 Å². The molecule has 0 aliphatic rings. The van der Waals surface area contributed by atoms with E-state index in [0.717, 1.165) is 11.3 Å². The van der Waals surface area contributed by atoms with Crippen LogP contribution in [0.4, 0.5) is 5.69 Å². The molecule has 0 bridgehead atoms. The van der Waals surface area contributed by atoms with Crippen LogP contribution < -0.4 is 25.3 Å². The molecule has 0 aliphatic heterocycles. The van der Waals surface area contributed by atoms with Crippen molar-refractivity contribution in [1.82, 2.24) is 0 Å². The third kappa shape index (κ3) is 5.19. The van der Waals surface area contributed by atoms with E-state index in [-0.39, 0.29) is 5.96 Å². The maximum atomic E-state index is 6.09. The molecule has 0 heterocycles. The second kappa shape index (κ2) is 9.03. The molecule has 0 aliphatic carbocycles. The van der Waals surface area contributed by atoms with Gasteiger partial charge in [-0.2, -0.15) is 0 Å². The van der Waals surface area contributed by atoms with Crippen molar-refractivity contribution in [1.29, 1.82) is 0 Å². The van der Waals surface area contributed by atoms with Crippen LogP contribution in [0.15, 0.2) is 41.4 Å². The summed E-state index contributed by atoms with van der Waals surface area (Å²) in [6.45, 7) is 2.91. The fourth-order valence-corrected chi connectivity index (χ4v) is 2.45. The molecular weight excluding hydrogens is 342 g/mol. The number of guanidine groups is 1. The summed E-state index contributed by atoms with van der Waals surface area (Å²) in [6, 6.07) is 11.0. The molecule has 0 amide bonds. The first kappa shape index (κ1) is 18.7. The van der Waals surface area contributed by atoms with Gasteiger partial charge in [0.15, 0.2) is 17.5 Å². The Morgan fingerprint density at radius 3 is 2.44 bits per heavy atom. The Morgan fingerprint density at radius 1 is 1.08 bits per heavy atom. The summed E-state index contributed by atoms with van der Waals surface area (Å²) in [5, 5.41) is 3.49. The van der Waals surface area contributed by atoms with Crippen LogP contribution in [0.25, 0.3) is 0 Å². The fraction of sp³-hybridized carbons (Fsp3) is 0.278. The third-order valence-corrected chi connectivity index (χ3v) is 3.68. The Balaban J connectivity index is 2.04. The lowest BCUT2D eigenvalue weighted by atomic mass is 10.2. The van der Waals surface area contributed by atoms with Crippen molar-refractivity contribution in [2.45, 2.75) is 13.5 Å². The number of hydrogen-bond donors (Lipinski definition) is 2. The minimum Gasteiger partial charge on any atom is -0.495 e. The summed E-state index contributed by atoms with van der Waals surface area (Å²) < 4.78 is 15.9. The van der Waals surface area contributed by atoms with E-state index >= 15 is 0 Å². The van der Waals surface area contributed by atoms with Crippen LogP contribution in [0.1, 0.15) is 12.5 Å². The van der Waals surface area contributed by atoms with Gasteiger partial charge in [0.25, 0.3) is 0 Å². The van der Waals surface area contributed by atoms with Crippen molar-refractivity contribution < 1.29 is 14.2 Å². The summed E-state index contributed by atoms with van der Waals surface area (Å²) in [7, 11) is 3.17. The number of nitrogens with zero attached hydrogens (tertiary/aromatic N) is 1. The SMILES string of the molecule is CCOc1ccc(CN=C(N)Nc2ccc(OC)c(Cl)c2)cc1OC. The van der Waals surface area contributed by atoms with E-state index in [4.69, 9.17) is 31.5 Å². The largest absolute Gasteiger partial charge is 0.495 e. The lowest BCUT2D eigenvalue weighted by Crippen LogP contribution is -2.22. The summed E-state index contributed by atoms with van der Waals surface area (Å²) in [6.07, 6.45) is 0. The summed E-state index contributed by atoms with van der Waals surface area (Å²) in [5.74, 6) is 2.26. The fourth-order valence-electron chi connectivity index (χ4n) is 2.19. The number of methoxy groups -OCH3 is 2. The van der Waals surface area contributed by atoms with Gasteiger partial charge in [0.05, 0.1) is 32.4 Å². The van der Waals surface area contributed by atoms with Gasteiger partial charge in [-0.3, -0.25) is 0 Å². The lowest BCUT2D eigenvalue weighted by molar-refractivity contribution is 0.310. The Labute approximate surface area is 152 Å². The number of anilines is 1. The van der Waals surface area contributed by atoms with Crippen LogP contribution in [0.2, 0.25) is 5.02 Å². The second-order valence-electron chi connectivity index (χ2n) is 5.09. The number of aliphatic imine (C=N–C) groups is 1. The van der Waals surface area contributed by atoms with Crippen LogP contribution in [0.5, 0.6) is 17.2 Å². The molecular formula is C18H22ClN3O3. The van der Waals surface area contributed by atoms with E-state index in [1.165, 1.54) is 0 Å². The normalized spacial score (nSPS) is 11.1. The van der Waals surface area contributed by atoms with Crippen LogP contribution in [-0.4, -0.2) is 26.8 Å². The summed E-state index contributed by atoms with van der Waals surface area (Å²) in [5.41, 5.74) is 7.62. The molecule has 2 rings (SSSR count). The van der Waals surface area contributed by atoms with E-state index in [1.54, 1.807) is 26.4 Å². The van der Waals surface area contributed by atoms with Gasteiger partial charge in [0.2, 0.25) is 0 Å². The Morgan fingerprint density at radius 2 is 1.80 bits per heavy atom. The average molecular weight is 364 g/mol. The number of nitrogens with two attached hydrogens (primary N) is 1. The third-order valence-electron chi connectivity index (χ3n) is 3.38. The molecule has 3 N–H and O–H groups in total. The van der Waals surface area contributed by atoms with Crippen LogP contribution >= 0.6 is 11.6 Å². The molecule has 2 aromatic carbocycles. The molecule has 25 heavy (non-hydrogen) atoms. The number of hydrogen-bond acceptors (Lipinski definition) is 4. The van der Waals surface area contributed by atoms with Gasteiger partial charge in [0.1, 0.15) is 5.75 Å². The van der Waals surface area contributed by atoms with Crippen molar-refractivity contribution in [2.75, 3.05) is 26.1 Å². The number of benzene rings is 2. The molecule has 0 spiro atoms. The van der Waals surface area contributed by atoms with E-state index in [1.807, 2.05) is 31.2 Å². The van der Waals surface area contributed by atoms with E-state index in [0.29, 0.717) is 35.4 Å². The minimum atomic E-state index is 0.286. The zero-order valence-corrected chi connectivity index (χ0v) is 15.3. The molecule has 0 saturated heterocycles. The van der Waals surface area contributed by atoms with Crippen molar-refractivity contribution in [3.63, 3.8) is 0 Å². The maximum absolute atomic E-state index is 6.09. The maximum Gasteiger partial charge on any atom is 0.193 e. The van der Waals surface area contributed by atoms with Crippen LogP contribution in [0, 0.1) is 0 Å². The second-order valence-corrected chi connectivity index (χ2v) is 5.50. The van der Waals surface area contributed by atoms with Gasteiger partial charge < -0.3 is 25.3 Å². The number of rotatable bonds is 7. The number of nitrogens with one attached hydrogen (secondary N) is 1. The first-order valence-corrected chi connectivity index (χ1v) is 8.15. The molecule has 7 heteroatoms. The molecule has 134 valence electrons. The molecule has 6 nitrogen and oxygen atoms in total. The van der Waals surface area contributed by atoms with Crippen LogP contribution in [0.3, 0.4) is 0 Å². The monoisotopic (exact) mass is 363 g/mol. The van der Waals surface area contributed by atoms with Gasteiger partial charge in [-0.1, -0.05) is 17.7 Å². The molecule has 0 atom stereocenters. The van der Waals surface area contributed by atoms with E-state index in [2.05, 4.69) is 10.3 Å². The summed E-state index contributed by atoms with van der Waals surface area (Å²) >= 11 is 6.09. The first-order chi connectivity index (χ1) is 12.1. The van der Waals surface area contributed by atoms with E-state index < -0.39 is 0 Å². The first-order valence-electron chi connectivity index (χ1n) is 7.77. The Kier molecular flexibility index (Phi) is 6.77. The van der Waals surface area contributed by atoms with Gasteiger partial charge in [-0.15, -0.1) is 0 Å². The predicted octanol–water partition coefficient (Wildman–Crippen LogP) is 3.68. The molecule has 0 fully saturated rings. The average Bonchev–Trinajstić information content (AvgIpc) is 2.61. The zero-order valence-electron chi connectivity index (χ0n) is 14.5. The van der Waals surface area contributed by atoms with E-state index in [9.17, 15) is 0 Å². The highest BCUT2D eigenvalue weighted by Crippen LogP contribution is 2.29. The van der Waals surface area contributed by atoms with Crippen molar-refractivity contribution in [3.8, 4) is 17.2 Å². The minimum absolute atomic E-state index is 0.286. The molecule has 0 aromatic heterocycles. The summed E-state index contributed by atoms with van der Waals surface area (Å²) in [4.78, 5) is 4.33. The highest BCUT2D eigenvalue weighted by atomic mass is 35.5. The molecule has 0 unspecified atom stereocenters. The lowest BCUT2D eigenvalue weighted by Gasteiger charge is -2.11. The van der Waals surface area contributed by atoms with Crippen molar-refractivity contribution >= 4 is 23.2 Å². The molecule has 2 aromatic rings. The quantitative estimate of drug-likeness (QED) is 0.579. The smallest absolute Gasteiger partial charge is 0.193 e. The molecule has 0 saturated carbocycles. The molecule has 0 radical (unpaired) electrons. The van der Waals surface area contributed by atoms with Crippen molar-refractivity contribution in [2.24, 2.45) is 10.7 Å². The highest BCUT2D eigenvalue weighted by molar-refractivity contribution is 6.32.